The molecule has 1 aliphatic rings. The van der Waals surface area contributed by atoms with Gasteiger partial charge in [-0.25, -0.2) is 4.98 Å². The number of aromatic nitrogens is 2. The first-order chi connectivity index (χ1) is 9.83. The van der Waals surface area contributed by atoms with Crippen molar-refractivity contribution in [2.24, 2.45) is 5.41 Å². The minimum Gasteiger partial charge on any atom is -0.370 e. The maximum absolute atomic E-state index is 12.2. The zero-order chi connectivity index (χ0) is 15.7. The van der Waals surface area contributed by atoms with Gasteiger partial charge in [-0.05, 0) is 60.1 Å². The Morgan fingerprint density at radius 3 is 2.43 bits per heavy atom. The summed E-state index contributed by atoms with van der Waals surface area (Å²) in [5.74, 6) is 0.717. The molecule has 1 heterocycles. The van der Waals surface area contributed by atoms with Crippen LogP contribution in [0.15, 0.2) is 4.79 Å². The van der Waals surface area contributed by atoms with E-state index in [1.54, 1.807) is 7.11 Å². The molecular weight excluding hydrogens is 379 g/mol. The summed E-state index contributed by atoms with van der Waals surface area (Å²) in [4.78, 5) is 19.9. The van der Waals surface area contributed by atoms with Crippen LogP contribution in [0.4, 0.5) is 0 Å². The predicted molar refractivity (Wildman–Crippen MR) is 92.5 cm³/mol. The van der Waals surface area contributed by atoms with E-state index in [1.807, 2.05) is 0 Å². The molecule has 1 N–H and O–H groups in total. The van der Waals surface area contributed by atoms with Crippen molar-refractivity contribution >= 4 is 22.6 Å². The highest BCUT2D eigenvalue weighted by molar-refractivity contribution is 14.1. The maximum Gasteiger partial charge on any atom is 0.264 e. The van der Waals surface area contributed by atoms with Gasteiger partial charge in [-0.1, -0.05) is 27.2 Å². The third-order valence-corrected chi connectivity index (χ3v) is 5.76. The van der Waals surface area contributed by atoms with Crippen LogP contribution in [0.25, 0.3) is 0 Å². The molecule has 0 unspecified atom stereocenters. The van der Waals surface area contributed by atoms with Crippen molar-refractivity contribution in [2.45, 2.75) is 64.9 Å². The van der Waals surface area contributed by atoms with Crippen LogP contribution in [0.1, 0.15) is 64.4 Å². The first-order valence-electron chi connectivity index (χ1n) is 7.68. The van der Waals surface area contributed by atoms with Gasteiger partial charge in [0.2, 0.25) is 0 Å². The zero-order valence-corrected chi connectivity index (χ0v) is 15.5. The molecule has 1 fully saturated rings. The number of ether oxygens (including phenoxy) is 1. The molecular formula is C16H25IN2O2. The number of halogens is 1. The number of nitrogens with one attached hydrogen (secondary N) is 1. The van der Waals surface area contributed by atoms with Gasteiger partial charge in [0.15, 0.2) is 0 Å². The molecule has 0 saturated heterocycles. The van der Waals surface area contributed by atoms with E-state index in [0.717, 1.165) is 50.0 Å². The molecule has 0 amide bonds. The predicted octanol–water partition coefficient (Wildman–Crippen LogP) is 3.77. The van der Waals surface area contributed by atoms with E-state index in [0.29, 0.717) is 8.99 Å². The molecule has 21 heavy (non-hydrogen) atoms. The van der Waals surface area contributed by atoms with Gasteiger partial charge in [0, 0.05) is 7.11 Å². The number of hydrogen-bond acceptors (Lipinski definition) is 3. The third kappa shape index (κ3) is 3.50. The fourth-order valence-electron chi connectivity index (χ4n) is 2.99. The molecule has 1 aromatic rings. The van der Waals surface area contributed by atoms with Gasteiger partial charge in [0.1, 0.15) is 11.4 Å². The Hall–Kier alpha value is -0.430. The lowest BCUT2D eigenvalue weighted by atomic mass is 9.70. The molecule has 1 saturated carbocycles. The molecule has 0 aromatic carbocycles. The van der Waals surface area contributed by atoms with Crippen LogP contribution in [-0.4, -0.2) is 17.1 Å². The van der Waals surface area contributed by atoms with Crippen LogP contribution < -0.4 is 5.56 Å². The van der Waals surface area contributed by atoms with E-state index in [-0.39, 0.29) is 5.56 Å². The second-order valence-corrected chi connectivity index (χ2v) is 7.87. The summed E-state index contributed by atoms with van der Waals surface area (Å²) in [7, 11) is 1.73. The normalized spacial score (nSPS) is 20.4. The topological polar surface area (TPSA) is 55.0 Å². The lowest BCUT2D eigenvalue weighted by Crippen LogP contribution is -2.39. The molecule has 0 spiro atoms. The van der Waals surface area contributed by atoms with Gasteiger partial charge < -0.3 is 9.72 Å². The number of H-pyrrole nitrogens is 1. The van der Waals surface area contributed by atoms with Crippen LogP contribution in [0.2, 0.25) is 0 Å². The molecule has 2 rings (SSSR count). The van der Waals surface area contributed by atoms with Crippen molar-refractivity contribution in [1.29, 1.82) is 0 Å². The van der Waals surface area contributed by atoms with Crippen molar-refractivity contribution in [3.8, 4) is 0 Å². The summed E-state index contributed by atoms with van der Waals surface area (Å²) in [5.41, 5.74) is 0.780. The molecule has 5 heteroatoms. The minimum absolute atomic E-state index is 0.0368. The average molecular weight is 404 g/mol. The Morgan fingerprint density at radius 1 is 1.29 bits per heavy atom. The quantitative estimate of drug-likeness (QED) is 0.778. The standard InChI is InChI=1S/C16H25IN2O2/c1-5-6-11-12(17)13(20)19-14(18-11)16(21-4)9-7-15(2,3)8-10-16/h5-10H2,1-4H3,(H,18,19,20). The summed E-state index contributed by atoms with van der Waals surface area (Å²) in [6.07, 6.45) is 5.80. The largest absolute Gasteiger partial charge is 0.370 e. The monoisotopic (exact) mass is 404 g/mol. The summed E-state index contributed by atoms with van der Waals surface area (Å²) in [6.45, 7) is 6.69. The van der Waals surface area contributed by atoms with Crippen molar-refractivity contribution in [3.05, 3.63) is 25.4 Å². The Bertz CT molecular complexity index is 556. The highest BCUT2D eigenvalue weighted by Gasteiger charge is 2.42. The van der Waals surface area contributed by atoms with Crippen LogP contribution in [-0.2, 0) is 16.8 Å². The number of nitrogens with zero attached hydrogens (tertiary/aromatic N) is 1. The number of rotatable bonds is 4. The minimum atomic E-state index is -0.429. The zero-order valence-electron chi connectivity index (χ0n) is 13.4. The highest BCUT2D eigenvalue weighted by Crippen LogP contribution is 2.45. The Labute approximate surface area is 140 Å². The molecule has 0 bridgehead atoms. The fraction of sp³-hybridized carbons (Fsp3) is 0.750. The molecule has 4 nitrogen and oxygen atoms in total. The van der Waals surface area contributed by atoms with E-state index < -0.39 is 5.60 Å². The SMILES string of the molecule is CCCc1nc(C2(OC)CCC(C)(C)CC2)[nH]c(=O)c1I. The molecule has 0 radical (unpaired) electrons. The molecule has 1 aliphatic carbocycles. The van der Waals surface area contributed by atoms with Gasteiger partial charge in [-0.15, -0.1) is 0 Å². The van der Waals surface area contributed by atoms with Crippen molar-refractivity contribution in [2.75, 3.05) is 7.11 Å². The molecule has 118 valence electrons. The highest BCUT2D eigenvalue weighted by atomic mass is 127. The van der Waals surface area contributed by atoms with Gasteiger partial charge in [-0.3, -0.25) is 4.79 Å². The van der Waals surface area contributed by atoms with Crippen molar-refractivity contribution in [1.82, 2.24) is 9.97 Å². The third-order valence-electron chi connectivity index (χ3n) is 4.65. The lowest BCUT2D eigenvalue weighted by Gasteiger charge is -2.41. The van der Waals surface area contributed by atoms with E-state index >= 15 is 0 Å². The molecule has 0 atom stereocenters. The van der Waals surface area contributed by atoms with Crippen LogP contribution in [0, 0.1) is 8.99 Å². The van der Waals surface area contributed by atoms with Crippen LogP contribution in [0.3, 0.4) is 0 Å². The number of aryl methyl sites for hydroxylation is 1. The van der Waals surface area contributed by atoms with Crippen molar-refractivity contribution < 1.29 is 4.74 Å². The summed E-state index contributed by atoms with van der Waals surface area (Å²) in [5, 5.41) is 0. The second-order valence-electron chi connectivity index (χ2n) is 6.79. The fourth-order valence-corrected chi connectivity index (χ4v) is 3.52. The summed E-state index contributed by atoms with van der Waals surface area (Å²) in [6, 6.07) is 0. The molecule has 0 aliphatic heterocycles. The van der Waals surface area contributed by atoms with Crippen molar-refractivity contribution in [3.63, 3.8) is 0 Å². The first kappa shape index (κ1) is 16.9. The van der Waals surface area contributed by atoms with Gasteiger partial charge in [0.05, 0.1) is 9.26 Å². The Morgan fingerprint density at radius 2 is 1.90 bits per heavy atom. The van der Waals surface area contributed by atoms with E-state index in [2.05, 4.69) is 48.3 Å². The first-order valence-corrected chi connectivity index (χ1v) is 8.76. The van der Waals surface area contributed by atoms with Gasteiger partial charge >= 0.3 is 0 Å². The van der Waals surface area contributed by atoms with E-state index in [9.17, 15) is 4.79 Å². The average Bonchev–Trinajstić information content (AvgIpc) is 2.44. The molecule has 1 aromatic heterocycles. The van der Waals surface area contributed by atoms with Crippen LogP contribution in [0.5, 0.6) is 0 Å². The lowest BCUT2D eigenvalue weighted by molar-refractivity contribution is -0.0732. The van der Waals surface area contributed by atoms with Crippen LogP contribution >= 0.6 is 22.6 Å². The van der Waals surface area contributed by atoms with Gasteiger partial charge in [-0.2, -0.15) is 0 Å². The number of aromatic amines is 1. The van der Waals surface area contributed by atoms with E-state index in [4.69, 9.17) is 9.72 Å². The number of hydrogen-bond donors (Lipinski definition) is 1. The maximum atomic E-state index is 12.2. The van der Waals surface area contributed by atoms with E-state index in [1.165, 1.54) is 0 Å². The Balaban J connectivity index is 2.41. The summed E-state index contributed by atoms with van der Waals surface area (Å²) < 4.78 is 6.56. The van der Waals surface area contributed by atoms with Gasteiger partial charge in [0.25, 0.3) is 5.56 Å². The smallest absolute Gasteiger partial charge is 0.264 e. The number of methoxy groups -OCH3 is 1. The second kappa shape index (κ2) is 6.36. The Kier molecular flexibility index (Phi) is 5.13. The summed E-state index contributed by atoms with van der Waals surface area (Å²) >= 11 is 2.09.